The van der Waals surface area contributed by atoms with Crippen LogP contribution in [0.4, 0.5) is 10.5 Å². The number of benzene rings is 2. The third-order valence-electron chi connectivity index (χ3n) is 3.50. The first-order valence-electron chi connectivity index (χ1n) is 8.11. The highest BCUT2D eigenvalue weighted by molar-refractivity contribution is 7.98. The smallest absolute Gasteiger partial charge is 0.312 e. The molecule has 0 aromatic heterocycles. The van der Waals surface area contributed by atoms with Crippen LogP contribution >= 0.6 is 11.8 Å². The summed E-state index contributed by atoms with van der Waals surface area (Å²) in [6, 6.07) is 15.6. The Morgan fingerprint density at radius 2 is 1.77 bits per heavy atom. The molecule has 1 unspecified atom stereocenters. The van der Waals surface area contributed by atoms with Crippen LogP contribution in [0.3, 0.4) is 0 Å². The molecule has 134 valence electrons. The Bertz CT molecular complexity index is 813. The Morgan fingerprint density at radius 1 is 1.08 bits per heavy atom. The maximum absolute atomic E-state index is 12.4. The number of carbonyl (C=O) groups is 2. The van der Waals surface area contributed by atoms with Gasteiger partial charge in [-0.05, 0) is 48.8 Å². The van der Waals surface area contributed by atoms with Crippen LogP contribution in [0.2, 0.25) is 0 Å². The van der Waals surface area contributed by atoms with E-state index in [2.05, 4.69) is 22.5 Å². The standard InChI is InChI=1S/C20H21N3O2S/c1-26-13-12-18(23-20(21)25)19(24)22-17-9-5-8-16(14-17)11-10-15-6-3-2-4-7-15/h2-9,14,18H,12-13H2,1H3,(H,22,24)(H3,21,23,25). The van der Waals surface area contributed by atoms with Gasteiger partial charge in [0.2, 0.25) is 5.91 Å². The van der Waals surface area contributed by atoms with E-state index in [4.69, 9.17) is 5.73 Å². The Balaban J connectivity index is 2.08. The zero-order valence-corrected chi connectivity index (χ0v) is 15.3. The van der Waals surface area contributed by atoms with E-state index in [0.717, 1.165) is 16.9 Å². The lowest BCUT2D eigenvalue weighted by Crippen LogP contribution is -2.46. The number of urea groups is 1. The van der Waals surface area contributed by atoms with Gasteiger partial charge in [-0.2, -0.15) is 11.8 Å². The Kier molecular flexibility index (Phi) is 7.59. The average molecular weight is 367 g/mol. The second kappa shape index (κ2) is 10.2. The largest absolute Gasteiger partial charge is 0.352 e. The second-order valence-corrected chi connectivity index (χ2v) is 6.51. The molecule has 0 saturated heterocycles. The van der Waals surface area contributed by atoms with E-state index in [1.54, 1.807) is 23.9 Å². The molecule has 5 nitrogen and oxygen atoms in total. The van der Waals surface area contributed by atoms with Crippen LogP contribution in [0.15, 0.2) is 54.6 Å². The summed E-state index contributed by atoms with van der Waals surface area (Å²) in [5.74, 6) is 6.59. The average Bonchev–Trinajstić information content (AvgIpc) is 2.64. The minimum Gasteiger partial charge on any atom is -0.352 e. The van der Waals surface area contributed by atoms with Gasteiger partial charge in [0.1, 0.15) is 6.04 Å². The quantitative estimate of drug-likeness (QED) is 0.687. The van der Waals surface area contributed by atoms with Gasteiger partial charge in [-0.1, -0.05) is 36.1 Å². The number of hydrogen-bond donors (Lipinski definition) is 3. The molecular formula is C20H21N3O2S. The summed E-state index contributed by atoms with van der Waals surface area (Å²) in [6.45, 7) is 0. The molecule has 1 atom stereocenters. The summed E-state index contributed by atoms with van der Waals surface area (Å²) in [5.41, 5.74) is 7.49. The van der Waals surface area contributed by atoms with Gasteiger partial charge in [-0.3, -0.25) is 4.79 Å². The molecule has 2 rings (SSSR count). The van der Waals surface area contributed by atoms with E-state index in [9.17, 15) is 9.59 Å². The molecule has 4 N–H and O–H groups in total. The van der Waals surface area contributed by atoms with Crippen LogP contribution < -0.4 is 16.4 Å². The molecule has 0 saturated carbocycles. The summed E-state index contributed by atoms with van der Waals surface area (Å²) >= 11 is 1.60. The van der Waals surface area contributed by atoms with Gasteiger partial charge in [-0.15, -0.1) is 0 Å². The first kappa shape index (κ1) is 19.4. The molecule has 0 bridgehead atoms. The van der Waals surface area contributed by atoms with Crippen LogP contribution in [0.1, 0.15) is 17.5 Å². The van der Waals surface area contributed by atoms with Gasteiger partial charge >= 0.3 is 6.03 Å². The molecule has 0 spiro atoms. The number of amides is 3. The highest BCUT2D eigenvalue weighted by Gasteiger charge is 2.19. The monoisotopic (exact) mass is 367 g/mol. The van der Waals surface area contributed by atoms with Crippen molar-refractivity contribution in [1.29, 1.82) is 0 Å². The Labute approximate surface area is 157 Å². The maximum atomic E-state index is 12.4. The molecule has 2 aromatic carbocycles. The van der Waals surface area contributed by atoms with Gasteiger partial charge in [0.05, 0.1) is 0 Å². The molecule has 26 heavy (non-hydrogen) atoms. The molecule has 3 amide bonds. The lowest BCUT2D eigenvalue weighted by atomic mass is 10.1. The predicted molar refractivity (Wildman–Crippen MR) is 107 cm³/mol. The van der Waals surface area contributed by atoms with Crippen LogP contribution in [0.25, 0.3) is 0 Å². The molecule has 0 heterocycles. The number of anilines is 1. The van der Waals surface area contributed by atoms with Crippen molar-refractivity contribution in [2.45, 2.75) is 12.5 Å². The predicted octanol–water partition coefficient (Wildman–Crippen LogP) is 2.81. The van der Waals surface area contributed by atoms with Crippen molar-refractivity contribution in [3.8, 4) is 11.8 Å². The van der Waals surface area contributed by atoms with Crippen molar-refractivity contribution in [3.05, 3.63) is 65.7 Å². The van der Waals surface area contributed by atoms with Crippen molar-refractivity contribution in [2.24, 2.45) is 5.73 Å². The molecule has 0 aliphatic rings. The zero-order valence-electron chi connectivity index (χ0n) is 14.5. The number of rotatable bonds is 6. The SMILES string of the molecule is CSCCC(NC(N)=O)C(=O)Nc1cccc(C#Cc2ccccc2)c1. The number of hydrogen-bond acceptors (Lipinski definition) is 3. The second-order valence-electron chi connectivity index (χ2n) is 5.53. The van der Waals surface area contributed by atoms with Gasteiger partial charge in [0.15, 0.2) is 0 Å². The first-order valence-corrected chi connectivity index (χ1v) is 9.51. The summed E-state index contributed by atoms with van der Waals surface area (Å²) in [7, 11) is 0. The van der Waals surface area contributed by atoms with E-state index in [1.165, 1.54) is 0 Å². The van der Waals surface area contributed by atoms with E-state index < -0.39 is 12.1 Å². The van der Waals surface area contributed by atoms with E-state index >= 15 is 0 Å². The van der Waals surface area contributed by atoms with Gasteiger partial charge in [0.25, 0.3) is 0 Å². The van der Waals surface area contributed by atoms with Gasteiger partial charge in [-0.25, -0.2) is 4.79 Å². The molecule has 2 aromatic rings. The fraction of sp³-hybridized carbons (Fsp3) is 0.200. The normalized spacial score (nSPS) is 11.0. The third-order valence-corrected chi connectivity index (χ3v) is 4.14. The maximum Gasteiger partial charge on any atom is 0.312 e. The molecule has 6 heteroatoms. The van der Waals surface area contributed by atoms with Gasteiger partial charge < -0.3 is 16.4 Å². The van der Waals surface area contributed by atoms with Crippen LogP contribution in [0.5, 0.6) is 0 Å². The molecule has 0 fully saturated rings. The summed E-state index contributed by atoms with van der Waals surface area (Å²) in [6.07, 6.45) is 2.44. The highest BCUT2D eigenvalue weighted by Crippen LogP contribution is 2.12. The molecule has 0 aliphatic carbocycles. The minimum atomic E-state index is -0.714. The summed E-state index contributed by atoms with van der Waals surface area (Å²) in [5, 5.41) is 5.29. The van der Waals surface area contributed by atoms with Crippen molar-refractivity contribution in [3.63, 3.8) is 0 Å². The van der Waals surface area contributed by atoms with Crippen molar-refractivity contribution in [2.75, 3.05) is 17.3 Å². The minimum absolute atomic E-state index is 0.300. The number of nitrogens with two attached hydrogens (primary N) is 1. The zero-order chi connectivity index (χ0) is 18.8. The van der Waals surface area contributed by atoms with E-state index in [1.807, 2.05) is 48.7 Å². The van der Waals surface area contributed by atoms with Crippen LogP contribution in [-0.2, 0) is 4.79 Å². The fourth-order valence-electron chi connectivity index (χ4n) is 2.25. The lowest BCUT2D eigenvalue weighted by Gasteiger charge is -2.17. The molecule has 0 radical (unpaired) electrons. The molecule has 0 aliphatic heterocycles. The summed E-state index contributed by atoms with van der Waals surface area (Å²) < 4.78 is 0. The van der Waals surface area contributed by atoms with Crippen LogP contribution in [-0.4, -0.2) is 30.0 Å². The van der Waals surface area contributed by atoms with Crippen molar-refractivity contribution < 1.29 is 9.59 Å². The van der Waals surface area contributed by atoms with Gasteiger partial charge in [0, 0.05) is 16.8 Å². The number of primary amides is 1. The Morgan fingerprint density at radius 3 is 2.46 bits per heavy atom. The molecular weight excluding hydrogens is 346 g/mol. The topological polar surface area (TPSA) is 84.2 Å². The van der Waals surface area contributed by atoms with E-state index in [0.29, 0.717) is 12.1 Å². The third kappa shape index (κ3) is 6.54. The number of thioether (sulfide) groups is 1. The van der Waals surface area contributed by atoms with Crippen molar-refractivity contribution in [1.82, 2.24) is 5.32 Å². The van der Waals surface area contributed by atoms with Crippen LogP contribution in [0, 0.1) is 11.8 Å². The highest BCUT2D eigenvalue weighted by atomic mass is 32.2. The number of nitrogens with one attached hydrogen (secondary N) is 2. The Hall–Kier alpha value is -2.91. The number of carbonyl (C=O) groups excluding carboxylic acids is 2. The van der Waals surface area contributed by atoms with Crippen molar-refractivity contribution >= 4 is 29.4 Å². The fourth-order valence-corrected chi connectivity index (χ4v) is 2.72. The lowest BCUT2D eigenvalue weighted by molar-refractivity contribution is -0.117. The summed E-state index contributed by atoms with van der Waals surface area (Å²) in [4.78, 5) is 23.5. The first-order chi connectivity index (χ1) is 12.6. The van der Waals surface area contributed by atoms with E-state index in [-0.39, 0.29) is 5.91 Å².